The van der Waals surface area contributed by atoms with Crippen LogP contribution < -0.4 is 0 Å². The lowest BCUT2D eigenvalue weighted by molar-refractivity contribution is 0.0776. The fraction of sp³-hybridized carbons (Fsp3) is 0.120. The zero-order chi connectivity index (χ0) is 23.2. The quantitative estimate of drug-likeness (QED) is 0.371. The van der Waals surface area contributed by atoms with Crippen LogP contribution in [0.15, 0.2) is 84.4 Å². The van der Waals surface area contributed by atoms with Gasteiger partial charge in [-0.1, -0.05) is 30.0 Å². The molecule has 8 heteroatoms. The van der Waals surface area contributed by atoms with Gasteiger partial charge >= 0.3 is 0 Å². The molecule has 0 saturated heterocycles. The Morgan fingerprint density at radius 2 is 1.85 bits per heavy atom. The third-order valence-electron chi connectivity index (χ3n) is 5.04. The zero-order valence-electron chi connectivity index (χ0n) is 17.9. The molecule has 0 aliphatic rings. The van der Waals surface area contributed by atoms with E-state index in [1.807, 2.05) is 30.3 Å². The first-order valence-corrected chi connectivity index (χ1v) is 11.1. The summed E-state index contributed by atoms with van der Waals surface area (Å²) < 4.78 is 15.3. The molecule has 0 atom stereocenters. The van der Waals surface area contributed by atoms with Crippen molar-refractivity contribution < 1.29 is 9.18 Å². The molecule has 0 spiro atoms. The standard InChI is InChI=1S/C25H20FN5OS/c1-30(16-18-10-12-28-13-11-18)24(32)23-15-29-25(31(23)22-8-6-21(26)7-9-22)33-17-20-5-3-2-4-19(20)14-27/h2-13,15H,16-17H2,1H3. The maximum atomic E-state index is 13.6. The van der Waals surface area contributed by atoms with Gasteiger partial charge < -0.3 is 4.90 Å². The molecule has 0 aliphatic carbocycles. The van der Waals surface area contributed by atoms with E-state index in [1.54, 1.807) is 47.1 Å². The summed E-state index contributed by atoms with van der Waals surface area (Å²) in [4.78, 5) is 23.4. The Morgan fingerprint density at radius 1 is 1.12 bits per heavy atom. The first-order valence-electron chi connectivity index (χ1n) is 10.2. The van der Waals surface area contributed by atoms with Crippen LogP contribution in [-0.4, -0.2) is 32.4 Å². The summed E-state index contributed by atoms with van der Waals surface area (Å²) in [5.41, 5.74) is 3.43. The predicted molar refractivity (Wildman–Crippen MR) is 124 cm³/mol. The summed E-state index contributed by atoms with van der Waals surface area (Å²) in [7, 11) is 1.72. The van der Waals surface area contributed by atoms with E-state index >= 15 is 0 Å². The Morgan fingerprint density at radius 3 is 2.58 bits per heavy atom. The molecule has 0 radical (unpaired) electrons. The predicted octanol–water partition coefficient (Wildman–Crippen LogP) is 4.84. The first kappa shape index (κ1) is 22.2. The summed E-state index contributed by atoms with van der Waals surface area (Å²) >= 11 is 1.41. The minimum atomic E-state index is -0.362. The number of carbonyl (C=O) groups is 1. The summed E-state index contributed by atoms with van der Waals surface area (Å²) in [5, 5.41) is 9.94. The molecule has 0 aliphatic heterocycles. The smallest absolute Gasteiger partial charge is 0.272 e. The number of nitrogens with zero attached hydrogens (tertiary/aromatic N) is 5. The summed E-state index contributed by atoms with van der Waals surface area (Å²) in [6, 6.07) is 19.2. The van der Waals surface area contributed by atoms with E-state index in [-0.39, 0.29) is 11.7 Å². The fourth-order valence-corrected chi connectivity index (χ4v) is 4.35. The third kappa shape index (κ3) is 5.10. The SMILES string of the molecule is CN(Cc1ccncc1)C(=O)c1cnc(SCc2ccccc2C#N)n1-c1ccc(F)cc1. The normalized spacial score (nSPS) is 10.6. The van der Waals surface area contributed by atoms with Gasteiger partial charge in [-0.25, -0.2) is 9.37 Å². The number of carbonyl (C=O) groups excluding carboxylic acids is 1. The molecular formula is C25H20FN5OS. The van der Waals surface area contributed by atoms with E-state index in [0.29, 0.717) is 34.4 Å². The van der Waals surface area contributed by atoms with Gasteiger partial charge in [-0.2, -0.15) is 5.26 Å². The van der Waals surface area contributed by atoms with Crippen molar-refractivity contribution in [1.29, 1.82) is 5.26 Å². The molecule has 0 fully saturated rings. The maximum absolute atomic E-state index is 13.6. The number of aromatic nitrogens is 3. The van der Waals surface area contributed by atoms with E-state index in [9.17, 15) is 14.4 Å². The summed E-state index contributed by atoms with van der Waals surface area (Å²) in [6.07, 6.45) is 4.90. The van der Waals surface area contributed by atoms with Crippen molar-refractivity contribution in [3.63, 3.8) is 0 Å². The summed E-state index contributed by atoms with van der Waals surface area (Å²) in [5.74, 6) is -0.0748. The Bertz CT molecular complexity index is 1300. The highest BCUT2D eigenvalue weighted by Crippen LogP contribution is 2.28. The minimum Gasteiger partial charge on any atom is -0.336 e. The number of rotatable bonds is 7. The topological polar surface area (TPSA) is 74.8 Å². The molecule has 33 heavy (non-hydrogen) atoms. The van der Waals surface area contributed by atoms with Crippen molar-refractivity contribution in [2.24, 2.45) is 0 Å². The van der Waals surface area contributed by atoms with Crippen LogP contribution in [0.5, 0.6) is 0 Å². The molecular weight excluding hydrogens is 437 g/mol. The lowest BCUT2D eigenvalue weighted by Crippen LogP contribution is -2.28. The number of halogens is 1. The lowest BCUT2D eigenvalue weighted by atomic mass is 10.1. The second kappa shape index (κ2) is 10.1. The minimum absolute atomic E-state index is 0.215. The molecule has 0 unspecified atom stereocenters. The van der Waals surface area contributed by atoms with Crippen molar-refractivity contribution in [1.82, 2.24) is 19.4 Å². The Labute approximate surface area is 195 Å². The van der Waals surface area contributed by atoms with E-state index in [0.717, 1.165) is 11.1 Å². The lowest BCUT2D eigenvalue weighted by Gasteiger charge is -2.19. The molecule has 2 aromatic heterocycles. The third-order valence-corrected chi connectivity index (χ3v) is 6.05. The number of benzene rings is 2. The van der Waals surface area contributed by atoms with Crippen molar-refractivity contribution in [2.45, 2.75) is 17.5 Å². The van der Waals surface area contributed by atoms with Crippen LogP contribution in [-0.2, 0) is 12.3 Å². The van der Waals surface area contributed by atoms with Gasteiger partial charge in [0.2, 0.25) is 0 Å². The average molecular weight is 458 g/mol. The highest BCUT2D eigenvalue weighted by Gasteiger charge is 2.22. The molecule has 0 saturated carbocycles. The van der Waals surface area contributed by atoms with Crippen LogP contribution in [0.2, 0.25) is 0 Å². The van der Waals surface area contributed by atoms with E-state index in [1.165, 1.54) is 30.1 Å². The second-order valence-corrected chi connectivity index (χ2v) is 8.25. The molecule has 0 N–H and O–H groups in total. The number of imidazole rings is 1. The molecule has 0 bridgehead atoms. The zero-order valence-corrected chi connectivity index (χ0v) is 18.7. The van der Waals surface area contributed by atoms with E-state index < -0.39 is 0 Å². The number of nitriles is 1. The van der Waals surface area contributed by atoms with E-state index in [2.05, 4.69) is 16.0 Å². The van der Waals surface area contributed by atoms with Crippen LogP contribution in [0, 0.1) is 17.1 Å². The van der Waals surface area contributed by atoms with Gasteiger partial charge in [0.15, 0.2) is 5.16 Å². The van der Waals surface area contributed by atoms with Gasteiger partial charge in [-0.3, -0.25) is 14.3 Å². The van der Waals surface area contributed by atoms with E-state index in [4.69, 9.17) is 0 Å². The number of thioether (sulfide) groups is 1. The first-order chi connectivity index (χ1) is 16.1. The van der Waals surface area contributed by atoms with Crippen LogP contribution in [0.25, 0.3) is 5.69 Å². The Hall–Kier alpha value is -3.96. The van der Waals surface area contributed by atoms with Crippen LogP contribution in [0.4, 0.5) is 4.39 Å². The van der Waals surface area contributed by atoms with Crippen molar-refractivity contribution in [2.75, 3.05) is 7.05 Å². The maximum Gasteiger partial charge on any atom is 0.272 e. The van der Waals surface area contributed by atoms with Gasteiger partial charge in [0, 0.05) is 37.4 Å². The number of amides is 1. The van der Waals surface area contributed by atoms with Gasteiger partial charge in [0.25, 0.3) is 5.91 Å². The summed E-state index contributed by atoms with van der Waals surface area (Å²) in [6.45, 7) is 0.411. The van der Waals surface area contributed by atoms with Gasteiger partial charge in [-0.05, 0) is 53.6 Å². The monoisotopic (exact) mass is 457 g/mol. The molecule has 2 aromatic carbocycles. The van der Waals surface area contributed by atoms with Gasteiger partial charge in [0.05, 0.1) is 17.8 Å². The number of pyridine rings is 1. The largest absolute Gasteiger partial charge is 0.336 e. The number of hydrogen-bond acceptors (Lipinski definition) is 5. The molecule has 6 nitrogen and oxygen atoms in total. The fourth-order valence-electron chi connectivity index (χ4n) is 3.35. The molecule has 164 valence electrons. The van der Waals surface area contributed by atoms with Crippen molar-refractivity contribution in [3.05, 3.63) is 107 Å². The highest BCUT2D eigenvalue weighted by atomic mass is 32.2. The molecule has 4 rings (SSSR count). The van der Waals surface area contributed by atoms with Crippen molar-refractivity contribution in [3.8, 4) is 11.8 Å². The second-order valence-electron chi connectivity index (χ2n) is 7.31. The molecule has 4 aromatic rings. The highest BCUT2D eigenvalue weighted by molar-refractivity contribution is 7.98. The Kier molecular flexibility index (Phi) is 6.81. The van der Waals surface area contributed by atoms with Crippen LogP contribution >= 0.6 is 11.8 Å². The van der Waals surface area contributed by atoms with Gasteiger partial charge in [0.1, 0.15) is 11.5 Å². The molecule has 2 heterocycles. The number of hydrogen-bond donors (Lipinski definition) is 0. The molecule has 1 amide bonds. The van der Waals surface area contributed by atoms with Crippen LogP contribution in [0.3, 0.4) is 0 Å². The van der Waals surface area contributed by atoms with Crippen molar-refractivity contribution >= 4 is 17.7 Å². The Balaban J connectivity index is 1.65. The van der Waals surface area contributed by atoms with Gasteiger partial charge in [-0.15, -0.1) is 0 Å². The average Bonchev–Trinajstić information content (AvgIpc) is 3.27. The van der Waals surface area contributed by atoms with Crippen LogP contribution in [0.1, 0.15) is 27.2 Å².